The van der Waals surface area contributed by atoms with Gasteiger partial charge >= 0.3 is 12.0 Å². The molecule has 10 N–H and O–H groups in total. The average Bonchev–Trinajstić information content (AvgIpc) is 3.38. The van der Waals surface area contributed by atoms with Gasteiger partial charge in [0.15, 0.2) is 11.8 Å². The SMILES string of the molecule is NC(=O)CC[C@H](N)c1noc([C@H](CCCN=C(N)N)NC(=O)N2CCCC2C(=O)O)n1. The molecule has 1 aliphatic rings. The van der Waals surface area contributed by atoms with Gasteiger partial charge in [-0.05, 0) is 32.1 Å². The number of nitrogens with two attached hydrogens (primary N) is 4. The summed E-state index contributed by atoms with van der Waals surface area (Å²) in [6, 6.07) is -2.81. The third kappa shape index (κ3) is 7.09. The summed E-state index contributed by atoms with van der Waals surface area (Å²) in [4.78, 5) is 44.5. The molecule has 1 aromatic rings. The van der Waals surface area contributed by atoms with Gasteiger partial charge in [0, 0.05) is 19.5 Å². The number of primary amides is 1. The van der Waals surface area contributed by atoms with Crippen molar-refractivity contribution in [3.05, 3.63) is 11.7 Å². The topological polar surface area (TPSA) is 242 Å². The lowest BCUT2D eigenvalue weighted by Gasteiger charge is -2.24. The fraction of sp³-hybridized carbons (Fsp3) is 0.647. The number of guanidine groups is 1. The third-order valence-electron chi connectivity index (χ3n) is 4.83. The van der Waals surface area contributed by atoms with Crippen LogP contribution >= 0.6 is 0 Å². The van der Waals surface area contributed by atoms with Crippen molar-refractivity contribution in [3.8, 4) is 0 Å². The largest absolute Gasteiger partial charge is 0.480 e. The van der Waals surface area contributed by atoms with E-state index in [1.165, 1.54) is 4.90 Å². The van der Waals surface area contributed by atoms with E-state index in [-0.39, 0.29) is 30.5 Å². The van der Waals surface area contributed by atoms with Crippen LogP contribution in [0.2, 0.25) is 0 Å². The number of aliphatic carboxylic acids is 1. The minimum atomic E-state index is -1.06. The lowest BCUT2D eigenvalue weighted by atomic mass is 10.1. The molecule has 0 aromatic carbocycles. The number of nitrogens with zero attached hydrogens (tertiary/aromatic N) is 4. The van der Waals surface area contributed by atoms with E-state index in [1.54, 1.807) is 0 Å². The molecule has 1 fully saturated rings. The second-order valence-electron chi connectivity index (χ2n) is 7.24. The summed E-state index contributed by atoms with van der Waals surface area (Å²) >= 11 is 0. The molecule has 0 spiro atoms. The fourth-order valence-electron chi connectivity index (χ4n) is 3.23. The number of rotatable bonds is 11. The number of hydrogen-bond donors (Lipinski definition) is 6. The van der Waals surface area contributed by atoms with E-state index in [9.17, 15) is 19.5 Å². The highest BCUT2D eigenvalue weighted by Crippen LogP contribution is 2.23. The van der Waals surface area contributed by atoms with Gasteiger partial charge in [0.2, 0.25) is 11.8 Å². The summed E-state index contributed by atoms with van der Waals surface area (Å²) in [6.45, 7) is 0.645. The summed E-state index contributed by atoms with van der Waals surface area (Å²) in [6.07, 6.45) is 2.12. The number of aliphatic imine (C=N–C) groups is 1. The first kappa shape index (κ1) is 23.9. The first-order valence-corrected chi connectivity index (χ1v) is 9.91. The molecule has 0 aliphatic carbocycles. The van der Waals surface area contributed by atoms with E-state index >= 15 is 0 Å². The van der Waals surface area contributed by atoms with Crippen LogP contribution in [0.5, 0.6) is 0 Å². The Morgan fingerprint density at radius 2 is 2.03 bits per heavy atom. The van der Waals surface area contributed by atoms with Crippen LogP contribution in [0.25, 0.3) is 0 Å². The second kappa shape index (κ2) is 11.1. The highest BCUT2D eigenvalue weighted by atomic mass is 16.5. The lowest BCUT2D eigenvalue weighted by Crippen LogP contribution is -2.47. The van der Waals surface area contributed by atoms with Crippen molar-refractivity contribution in [1.29, 1.82) is 0 Å². The Morgan fingerprint density at radius 3 is 2.68 bits per heavy atom. The predicted molar refractivity (Wildman–Crippen MR) is 108 cm³/mol. The molecule has 31 heavy (non-hydrogen) atoms. The van der Waals surface area contributed by atoms with Crippen molar-refractivity contribution in [2.24, 2.45) is 27.9 Å². The van der Waals surface area contributed by atoms with Gasteiger partial charge in [0.1, 0.15) is 12.1 Å². The van der Waals surface area contributed by atoms with Crippen LogP contribution in [0.15, 0.2) is 9.52 Å². The van der Waals surface area contributed by atoms with Crippen molar-refractivity contribution >= 4 is 23.9 Å². The summed E-state index contributed by atoms with van der Waals surface area (Å²) in [5.41, 5.74) is 21.7. The summed E-state index contributed by atoms with van der Waals surface area (Å²) in [5.74, 6) is -1.33. The molecular weight excluding hydrogens is 410 g/mol. The van der Waals surface area contributed by atoms with Crippen molar-refractivity contribution in [1.82, 2.24) is 20.4 Å². The molecule has 1 aliphatic heterocycles. The minimum absolute atomic E-state index is 0.0533. The van der Waals surface area contributed by atoms with Gasteiger partial charge in [-0.15, -0.1) is 0 Å². The molecule has 172 valence electrons. The Hall–Kier alpha value is -3.42. The van der Waals surface area contributed by atoms with Crippen LogP contribution in [0, 0.1) is 0 Å². The van der Waals surface area contributed by atoms with Crippen LogP contribution in [0.1, 0.15) is 62.3 Å². The zero-order chi connectivity index (χ0) is 23.0. The monoisotopic (exact) mass is 439 g/mol. The molecule has 0 radical (unpaired) electrons. The highest BCUT2D eigenvalue weighted by molar-refractivity contribution is 5.83. The smallest absolute Gasteiger partial charge is 0.326 e. The Morgan fingerprint density at radius 1 is 1.29 bits per heavy atom. The number of amides is 3. The number of nitrogens with one attached hydrogen (secondary N) is 1. The second-order valence-corrected chi connectivity index (χ2v) is 7.24. The maximum Gasteiger partial charge on any atom is 0.326 e. The average molecular weight is 439 g/mol. The zero-order valence-corrected chi connectivity index (χ0v) is 17.1. The van der Waals surface area contributed by atoms with Gasteiger partial charge in [-0.3, -0.25) is 9.79 Å². The zero-order valence-electron chi connectivity index (χ0n) is 17.1. The standard InChI is InChI=1S/C17H29N9O5/c18-9(5-6-12(19)27)13-24-14(31-25-13)10(3-1-7-22-16(20)21)23-17(30)26-8-2-4-11(26)15(28)29/h9-11H,1-8,18H2,(H2,19,27)(H,23,30)(H,28,29)(H4,20,21,22)/t9-,10-,11?/m0/s1. The van der Waals surface area contributed by atoms with E-state index < -0.39 is 36.0 Å². The number of aromatic nitrogens is 2. The molecule has 1 unspecified atom stereocenters. The maximum atomic E-state index is 12.7. The van der Waals surface area contributed by atoms with E-state index in [0.29, 0.717) is 38.8 Å². The molecule has 1 aromatic heterocycles. The molecular formula is C17H29N9O5. The lowest BCUT2D eigenvalue weighted by molar-refractivity contribution is -0.141. The summed E-state index contributed by atoms with van der Waals surface area (Å²) < 4.78 is 5.28. The molecule has 14 heteroatoms. The minimum Gasteiger partial charge on any atom is -0.480 e. The molecule has 2 rings (SSSR count). The van der Waals surface area contributed by atoms with Gasteiger partial charge in [0.25, 0.3) is 0 Å². The number of carbonyl (C=O) groups excluding carboxylic acids is 2. The van der Waals surface area contributed by atoms with Crippen molar-refractivity contribution in [2.45, 2.75) is 56.7 Å². The Kier molecular flexibility index (Phi) is 8.54. The van der Waals surface area contributed by atoms with E-state index in [4.69, 9.17) is 27.5 Å². The normalized spacial score (nSPS) is 17.7. The number of hydrogen-bond acceptors (Lipinski definition) is 8. The molecule has 0 saturated carbocycles. The first-order valence-electron chi connectivity index (χ1n) is 9.91. The van der Waals surface area contributed by atoms with Crippen LogP contribution < -0.4 is 28.3 Å². The van der Waals surface area contributed by atoms with Crippen LogP contribution in [-0.2, 0) is 9.59 Å². The van der Waals surface area contributed by atoms with Crippen molar-refractivity contribution in [3.63, 3.8) is 0 Å². The van der Waals surface area contributed by atoms with E-state index in [1.807, 2.05) is 0 Å². The summed E-state index contributed by atoms with van der Waals surface area (Å²) in [5, 5.41) is 15.9. The van der Waals surface area contributed by atoms with Gasteiger partial charge in [-0.1, -0.05) is 5.16 Å². The Labute approximate surface area is 178 Å². The highest BCUT2D eigenvalue weighted by Gasteiger charge is 2.35. The van der Waals surface area contributed by atoms with E-state index in [0.717, 1.165) is 0 Å². The van der Waals surface area contributed by atoms with Gasteiger partial charge < -0.3 is 42.8 Å². The molecule has 0 bridgehead atoms. The quantitative estimate of drug-likeness (QED) is 0.135. The van der Waals surface area contributed by atoms with Crippen molar-refractivity contribution < 1.29 is 24.0 Å². The molecule has 3 amide bonds. The number of carboxylic acid groups (broad SMARTS) is 1. The fourth-order valence-corrected chi connectivity index (χ4v) is 3.23. The molecule has 2 heterocycles. The van der Waals surface area contributed by atoms with Crippen molar-refractivity contribution in [2.75, 3.05) is 13.1 Å². The van der Waals surface area contributed by atoms with Crippen LogP contribution in [-0.4, -0.2) is 63.1 Å². The number of carboxylic acids is 1. The Bertz CT molecular complexity index is 808. The first-order chi connectivity index (χ1) is 14.7. The van der Waals surface area contributed by atoms with E-state index in [2.05, 4.69) is 20.4 Å². The number of carbonyl (C=O) groups is 3. The van der Waals surface area contributed by atoms with Gasteiger partial charge in [-0.25, -0.2) is 9.59 Å². The maximum absolute atomic E-state index is 12.7. The van der Waals surface area contributed by atoms with Gasteiger partial charge in [-0.2, -0.15) is 4.98 Å². The van der Waals surface area contributed by atoms with Gasteiger partial charge in [0.05, 0.1) is 6.04 Å². The molecule has 14 nitrogen and oxygen atoms in total. The number of likely N-dealkylation sites (tertiary alicyclic amines) is 1. The summed E-state index contributed by atoms with van der Waals surface area (Å²) in [7, 11) is 0. The number of urea groups is 1. The molecule has 1 saturated heterocycles. The van der Waals surface area contributed by atoms with Crippen LogP contribution in [0.3, 0.4) is 0 Å². The molecule has 3 atom stereocenters. The Balaban J connectivity index is 2.11. The predicted octanol–water partition coefficient (Wildman–Crippen LogP) is -1.31. The third-order valence-corrected chi connectivity index (χ3v) is 4.83. The van der Waals surface area contributed by atoms with Crippen LogP contribution in [0.4, 0.5) is 4.79 Å².